The van der Waals surface area contributed by atoms with E-state index in [1.165, 1.54) is 11.1 Å². The van der Waals surface area contributed by atoms with Gasteiger partial charge < -0.3 is 23.8 Å². The summed E-state index contributed by atoms with van der Waals surface area (Å²) < 4.78 is 23.0. The van der Waals surface area contributed by atoms with Crippen molar-refractivity contribution in [3.8, 4) is 0 Å². The fourth-order valence-electron chi connectivity index (χ4n) is 7.65. The number of nitrogens with zero attached hydrogens (tertiary/aromatic N) is 2. The summed E-state index contributed by atoms with van der Waals surface area (Å²) in [6, 6.07) is 15.3. The number of hydrogen-bond acceptors (Lipinski definition) is 4. The summed E-state index contributed by atoms with van der Waals surface area (Å²) in [5.74, 6) is -0.816. The van der Waals surface area contributed by atoms with Crippen molar-refractivity contribution in [2.45, 2.75) is 96.3 Å². The molecule has 0 saturated carbocycles. The zero-order valence-electron chi connectivity index (χ0n) is 27.0. The molecule has 1 N–H and O–H groups in total. The number of hydrogen-bond donors (Lipinski definition) is 1. The highest BCUT2D eigenvalue weighted by molar-refractivity contribution is 6.72. The van der Waals surface area contributed by atoms with E-state index in [1.807, 2.05) is 55.5 Å². The van der Waals surface area contributed by atoms with Gasteiger partial charge in [-0.2, -0.15) is 0 Å². The second-order valence-corrected chi connectivity index (χ2v) is 17.4. The molecule has 2 aromatic rings. The molecule has 3 aliphatic rings. The molecule has 0 aromatic heterocycles. The van der Waals surface area contributed by atoms with Crippen molar-refractivity contribution in [3.05, 3.63) is 88.5 Å². The minimum atomic E-state index is -3.41. The number of benzene rings is 2. The Morgan fingerprint density at radius 1 is 1.09 bits per heavy atom. The first-order chi connectivity index (χ1) is 20.9. The van der Waals surface area contributed by atoms with Gasteiger partial charge in [0.05, 0.1) is 30.9 Å². The molecule has 6 nitrogen and oxygen atoms in total. The summed E-state index contributed by atoms with van der Waals surface area (Å²) in [6.45, 7) is 12.2. The van der Waals surface area contributed by atoms with Gasteiger partial charge in [-0.05, 0) is 70.3 Å². The second-order valence-electron chi connectivity index (χ2n) is 13.6. The van der Waals surface area contributed by atoms with Crippen molar-refractivity contribution in [2.24, 2.45) is 5.92 Å². The molecule has 3 heterocycles. The van der Waals surface area contributed by atoms with Gasteiger partial charge in [0, 0.05) is 30.1 Å². The maximum Gasteiger partial charge on any atom is 0.264 e. The predicted molar refractivity (Wildman–Crippen MR) is 175 cm³/mol. The third-order valence-corrected chi connectivity index (χ3v) is 12.3. The average molecular weight is 619 g/mol. The van der Waals surface area contributed by atoms with Crippen LogP contribution in [0.25, 0.3) is 0 Å². The van der Waals surface area contributed by atoms with E-state index in [0.29, 0.717) is 19.5 Å². The summed E-state index contributed by atoms with van der Waals surface area (Å²) in [6.07, 6.45) is 5.96. The topological polar surface area (TPSA) is 70.1 Å². The van der Waals surface area contributed by atoms with E-state index in [4.69, 9.17) is 4.74 Å². The molecule has 5 atom stereocenters. The summed E-state index contributed by atoms with van der Waals surface area (Å²) in [5, 5.41) is 10.2. The van der Waals surface area contributed by atoms with Gasteiger partial charge in [0.2, 0.25) is 14.3 Å². The fourth-order valence-corrected chi connectivity index (χ4v) is 10.1. The highest BCUT2D eigenvalue weighted by atomic mass is 28.4. The molecular formula is C36H47FN2O4Si. The summed E-state index contributed by atoms with van der Waals surface area (Å²) >= 11 is 0. The molecule has 44 heavy (non-hydrogen) atoms. The molecule has 8 heteroatoms. The van der Waals surface area contributed by atoms with Gasteiger partial charge in [0.1, 0.15) is 0 Å². The molecule has 1 fully saturated rings. The Balaban J connectivity index is 1.43. The van der Waals surface area contributed by atoms with Crippen LogP contribution in [-0.4, -0.2) is 55.5 Å². The Labute approximate surface area is 262 Å². The Kier molecular flexibility index (Phi) is 9.36. The molecule has 0 radical (unpaired) electrons. The normalized spacial score (nSPS) is 26.6. The van der Waals surface area contributed by atoms with Crippen LogP contribution in [-0.2, 0) is 32.9 Å². The lowest BCUT2D eigenvalue weighted by atomic mass is 9.82. The lowest BCUT2D eigenvalue weighted by Gasteiger charge is -2.37. The van der Waals surface area contributed by atoms with Gasteiger partial charge in [-0.3, -0.25) is 9.59 Å². The van der Waals surface area contributed by atoms with E-state index in [0.717, 1.165) is 35.2 Å². The van der Waals surface area contributed by atoms with Gasteiger partial charge in [-0.15, -0.1) is 0 Å². The number of allylic oxidation sites excluding steroid dienone is 3. The third-order valence-electron chi connectivity index (χ3n) is 9.84. The molecule has 2 amide bonds. The van der Waals surface area contributed by atoms with Crippen molar-refractivity contribution in [1.82, 2.24) is 4.90 Å². The maximum absolute atomic E-state index is 16.2. The minimum Gasteiger partial charge on any atom is -0.394 e. The molecule has 1 saturated heterocycles. The van der Waals surface area contributed by atoms with Crippen LogP contribution in [0.2, 0.25) is 18.6 Å². The number of fused-ring (bicyclic) bond motifs is 3. The van der Waals surface area contributed by atoms with E-state index in [9.17, 15) is 14.7 Å². The number of carbonyl (C=O) groups excluding carboxylic acids is 2. The highest BCUT2D eigenvalue weighted by Crippen LogP contribution is 2.60. The van der Waals surface area contributed by atoms with Crippen LogP contribution in [0, 0.1) is 5.92 Å². The standard InChI is InChI=1S/C36H47FN2O4Si/c1-24(2)12-11-13-25(3)18-19-38-31-17-10-9-16-30(31)36(35(38)42)26(4)34(44(5,6)37)32(43-36)21-33(41)39-22-28-15-8-7-14-27(28)20-29(39)23-40/h7-10,12,14-18,26,29,32,34,40H,11,13,19-23H2,1-6H3/b25-18+/t26-,29+,32+,34-,36+/m1/s1. The van der Waals surface area contributed by atoms with Gasteiger partial charge in [-0.25, -0.2) is 0 Å². The van der Waals surface area contributed by atoms with Crippen LogP contribution in [0.5, 0.6) is 0 Å². The molecule has 0 unspecified atom stereocenters. The van der Waals surface area contributed by atoms with Gasteiger partial charge >= 0.3 is 0 Å². The number of halogens is 1. The molecule has 2 aromatic carbocycles. The Morgan fingerprint density at radius 3 is 2.45 bits per heavy atom. The van der Waals surface area contributed by atoms with Crippen molar-refractivity contribution in [1.29, 1.82) is 0 Å². The Morgan fingerprint density at radius 2 is 1.77 bits per heavy atom. The van der Waals surface area contributed by atoms with Crippen molar-refractivity contribution < 1.29 is 23.5 Å². The summed E-state index contributed by atoms with van der Waals surface area (Å²) in [5.41, 5.74) is 4.31. The Hall–Kier alpha value is -3.07. The first-order valence-corrected chi connectivity index (χ1v) is 18.9. The second kappa shape index (κ2) is 12.7. The molecule has 0 bridgehead atoms. The summed E-state index contributed by atoms with van der Waals surface area (Å²) in [4.78, 5) is 31.9. The number of anilines is 1. The first kappa shape index (κ1) is 32.3. The highest BCUT2D eigenvalue weighted by Gasteiger charge is 2.66. The molecule has 3 aliphatic heterocycles. The van der Waals surface area contributed by atoms with Crippen molar-refractivity contribution in [2.75, 3.05) is 18.1 Å². The fraction of sp³-hybridized carbons (Fsp3) is 0.500. The maximum atomic E-state index is 16.2. The molecule has 5 rings (SSSR count). The zero-order valence-corrected chi connectivity index (χ0v) is 28.0. The molecule has 0 aliphatic carbocycles. The predicted octanol–water partition coefficient (Wildman–Crippen LogP) is 6.84. The van der Waals surface area contributed by atoms with E-state index < -0.39 is 31.6 Å². The zero-order chi connectivity index (χ0) is 31.8. The van der Waals surface area contributed by atoms with E-state index in [2.05, 4.69) is 32.9 Å². The number of amides is 2. The van der Waals surface area contributed by atoms with Crippen molar-refractivity contribution >= 4 is 25.9 Å². The molecule has 1 spiro atoms. The number of aliphatic hydroxyl groups is 1. The number of ether oxygens (including phenoxy) is 1. The average Bonchev–Trinajstić information content (AvgIpc) is 3.41. The quantitative estimate of drug-likeness (QED) is 0.190. The lowest BCUT2D eigenvalue weighted by Crippen LogP contribution is -2.48. The summed E-state index contributed by atoms with van der Waals surface area (Å²) in [7, 11) is -3.41. The van der Waals surface area contributed by atoms with E-state index in [1.54, 1.807) is 22.9 Å². The van der Waals surface area contributed by atoms with E-state index in [-0.39, 0.29) is 30.9 Å². The number of para-hydroxylation sites is 1. The van der Waals surface area contributed by atoms with Crippen molar-refractivity contribution in [3.63, 3.8) is 0 Å². The lowest BCUT2D eigenvalue weighted by molar-refractivity contribution is -0.150. The number of rotatable bonds is 9. The van der Waals surface area contributed by atoms with Crippen LogP contribution in [0.4, 0.5) is 9.80 Å². The number of aliphatic hydroxyl groups excluding tert-OH is 1. The van der Waals surface area contributed by atoms with Crippen LogP contribution in [0.1, 0.15) is 63.6 Å². The largest absolute Gasteiger partial charge is 0.394 e. The van der Waals surface area contributed by atoms with Gasteiger partial charge in [0.25, 0.3) is 5.91 Å². The van der Waals surface area contributed by atoms with E-state index >= 15 is 4.11 Å². The Bertz CT molecular complexity index is 1460. The van der Waals surface area contributed by atoms with Crippen LogP contribution < -0.4 is 4.90 Å². The van der Waals surface area contributed by atoms with Crippen LogP contribution >= 0.6 is 0 Å². The SMILES string of the molecule is CC(C)=CCC/C(C)=C/CN1C(=O)[C@@]2(O[C@@H](CC(=O)N3Cc4ccccc4C[C@H]3CO)[C@H]([Si](C)(C)F)[C@H]2C)c2ccccc21. The monoisotopic (exact) mass is 618 g/mol. The van der Waals surface area contributed by atoms with Gasteiger partial charge in [0.15, 0.2) is 5.60 Å². The third kappa shape index (κ3) is 5.96. The van der Waals surface area contributed by atoms with Crippen LogP contribution in [0.15, 0.2) is 71.8 Å². The minimum absolute atomic E-state index is 0.0331. The van der Waals surface area contributed by atoms with Crippen LogP contribution in [0.3, 0.4) is 0 Å². The number of carbonyl (C=O) groups is 2. The smallest absolute Gasteiger partial charge is 0.264 e. The first-order valence-electron chi connectivity index (χ1n) is 15.9. The van der Waals surface area contributed by atoms with Gasteiger partial charge in [-0.1, -0.05) is 72.7 Å². The molecular weight excluding hydrogens is 571 g/mol. The molecule has 236 valence electrons.